The lowest BCUT2D eigenvalue weighted by Crippen LogP contribution is -2.47. The molecule has 1 saturated heterocycles. The van der Waals surface area contributed by atoms with E-state index < -0.39 is 0 Å². The largest absolute Gasteiger partial charge is 0.300 e. The normalized spacial score (nSPS) is 35.5. The molecule has 0 amide bonds. The van der Waals surface area contributed by atoms with Gasteiger partial charge in [0.15, 0.2) is 0 Å². The van der Waals surface area contributed by atoms with Gasteiger partial charge in [-0.1, -0.05) is 24.6 Å². The predicted octanol–water partition coefficient (Wildman–Crippen LogP) is 3.14. The minimum atomic E-state index is 0.877. The number of allylic oxidation sites excluding steroid dienone is 3. The number of piperidine rings is 1. The average molecular weight is 203 g/mol. The van der Waals surface area contributed by atoms with Gasteiger partial charge in [0.2, 0.25) is 0 Å². The van der Waals surface area contributed by atoms with Gasteiger partial charge in [-0.05, 0) is 56.7 Å². The van der Waals surface area contributed by atoms with Crippen LogP contribution < -0.4 is 0 Å². The minimum Gasteiger partial charge on any atom is -0.300 e. The van der Waals surface area contributed by atoms with Gasteiger partial charge < -0.3 is 4.90 Å². The van der Waals surface area contributed by atoms with E-state index in [9.17, 15) is 0 Å². The number of nitrogens with zero attached hydrogens (tertiary/aromatic N) is 1. The first kappa shape index (κ1) is 9.65. The number of hydrogen-bond acceptors (Lipinski definition) is 1. The summed E-state index contributed by atoms with van der Waals surface area (Å²) in [5.74, 6) is 0.900. The standard InChI is InChI=1S/C14H21N/c1-2-15-10-4-7-13-12-6-3-5-11(12)8-9-14(13)15/h3,5,13-14H,2,4,6-10H2,1H3. The highest BCUT2D eigenvalue weighted by Crippen LogP contribution is 2.43. The van der Waals surface area contributed by atoms with Crippen LogP contribution in [-0.4, -0.2) is 24.0 Å². The van der Waals surface area contributed by atoms with Crippen LogP contribution in [0.2, 0.25) is 0 Å². The van der Waals surface area contributed by atoms with E-state index in [-0.39, 0.29) is 0 Å². The Labute approximate surface area is 92.8 Å². The Morgan fingerprint density at radius 3 is 3.20 bits per heavy atom. The van der Waals surface area contributed by atoms with Crippen LogP contribution in [0.1, 0.15) is 39.0 Å². The molecular formula is C14H21N. The third-order valence-electron chi connectivity index (χ3n) is 4.53. The van der Waals surface area contributed by atoms with Crippen LogP contribution in [-0.2, 0) is 0 Å². The average Bonchev–Trinajstić information content (AvgIpc) is 2.76. The van der Waals surface area contributed by atoms with E-state index in [1.54, 1.807) is 11.1 Å². The Bertz CT molecular complexity index is 313. The van der Waals surface area contributed by atoms with Gasteiger partial charge in [0.05, 0.1) is 0 Å². The summed E-state index contributed by atoms with van der Waals surface area (Å²) in [5.41, 5.74) is 3.48. The van der Waals surface area contributed by atoms with E-state index in [4.69, 9.17) is 0 Å². The van der Waals surface area contributed by atoms with Gasteiger partial charge >= 0.3 is 0 Å². The highest BCUT2D eigenvalue weighted by Gasteiger charge is 2.36. The Balaban J connectivity index is 1.86. The van der Waals surface area contributed by atoms with E-state index in [0.717, 1.165) is 12.0 Å². The van der Waals surface area contributed by atoms with Crippen molar-refractivity contribution in [2.24, 2.45) is 5.92 Å². The number of fused-ring (bicyclic) bond motifs is 2. The fourth-order valence-corrected chi connectivity index (χ4v) is 3.81. The lowest BCUT2D eigenvalue weighted by atomic mass is 9.75. The molecule has 2 atom stereocenters. The molecule has 0 aromatic rings. The van der Waals surface area contributed by atoms with Gasteiger partial charge in [0, 0.05) is 6.04 Å². The Hall–Kier alpha value is -0.560. The monoisotopic (exact) mass is 203 g/mol. The van der Waals surface area contributed by atoms with Crippen molar-refractivity contribution >= 4 is 0 Å². The quantitative estimate of drug-likeness (QED) is 0.633. The Morgan fingerprint density at radius 1 is 1.40 bits per heavy atom. The highest BCUT2D eigenvalue weighted by atomic mass is 15.2. The number of hydrogen-bond donors (Lipinski definition) is 0. The van der Waals surface area contributed by atoms with Crippen molar-refractivity contribution in [2.45, 2.75) is 45.1 Å². The van der Waals surface area contributed by atoms with Crippen molar-refractivity contribution in [3.8, 4) is 0 Å². The summed E-state index contributed by atoms with van der Waals surface area (Å²) in [7, 11) is 0. The smallest absolute Gasteiger partial charge is 0.0164 e. The van der Waals surface area contributed by atoms with Crippen LogP contribution in [0.4, 0.5) is 0 Å². The third-order valence-corrected chi connectivity index (χ3v) is 4.53. The van der Waals surface area contributed by atoms with Crippen LogP contribution in [0.15, 0.2) is 23.3 Å². The zero-order valence-corrected chi connectivity index (χ0v) is 9.71. The van der Waals surface area contributed by atoms with Crippen molar-refractivity contribution in [1.82, 2.24) is 4.90 Å². The van der Waals surface area contributed by atoms with Gasteiger partial charge in [-0.2, -0.15) is 0 Å². The molecule has 3 aliphatic rings. The van der Waals surface area contributed by atoms with Crippen molar-refractivity contribution in [2.75, 3.05) is 13.1 Å². The molecule has 82 valence electrons. The third kappa shape index (κ3) is 1.48. The molecule has 3 rings (SSSR count). The lowest BCUT2D eigenvalue weighted by Gasteiger charge is -2.44. The highest BCUT2D eigenvalue weighted by molar-refractivity contribution is 5.38. The summed E-state index contributed by atoms with van der Waals surface area (Å²) in [4.78, 5) is 2.72. The summed E-state index contributed by atoms with van der Waals surface area (Å²) < 4.78 is 0. The second-order valence-electron chi connectivity index (χ2n) is 5.14. The van der Waals surface area contributed by atoms with Crippen LogP contribution in [0.25, 0.3) is 0 Å². The molecule has 0 aromatic carbocycles. The van der Waals surface area contributed by atoms with E-state index >= 15 is 0 Å². The molecular weight excluding hydrogens is 182 g/mol. The SMILES string of the molecule is CCN1CCCC2C3=C(C=CC3)CCC21. The molecule has 1 heteroatoms. The molecule has 1 nitrogen and oxygen atoms in total. The second kappa shape index (κ2) is 3.79. The first-order valence-electron chi connectivity index (χ1n) is 6.52. The summed E-state index contributed by atoms with van der Waals surface area (Å²) in [6, 6.07) is 0.877. The molecule has 0 bridgehead atoms. The molecule has 1 aliphatic heterocycles. The molecule has 0 N–H and O–H groups in total. The summed E-state index contributed by atoms with van der Waals surface area (Å²) in [6.45, 7) is 4.91. The zero-order chi connectivity index (χ0) is 10.3. The van der Waals surface area contributed by atoms with Gasteiger partial charge in [0.25, 0.3) is 0 Å². The van der Waals surface area contributed by atoms with Gasteiger partial charge in [-0.3, -0.25) is 0 Å². The van der Waals surface area contributed by atoms with Crippen molar-refractivity contribution in [1.29, 1.82) is 0 Å². The van der Waals surface area contributed by atoms with E-state index in [0.29, 0.717) is 0 Å². The molecule has 2 unspecified atom stereocenters. The predicted molar refractivity (Wildman–Crippen MR) is 63.8 cm³/mol. The Kier molecular flexibility index (Phi) is 2.44. The zero-order valence-electron chi connectivity index (χ0n) is 9.71. The molecule has 15 heavy (non-hydrogen) atoms. The fraction of sp³-hybridized carbons (Fsp3) is 0.714. The summed E-state index contributed by atoms with van der Waals surface area (Å²) in [6.07, 6.45) is 11.6. The molecule has 0 radical (unpaired) electrons. The number of likely N-dealkylation sites (tertiary alicyclic amines) is 1. The molecule has 1 heterocycles. The molecule has 1 fully saturated rings. The van der Waals surface area contributed by atoms with E-state index in [2.05, 4.69) is 24.0 Å². The van der Waals surface area contributed by atoms with E-state index in [1.807, 2.05) is 0 Å². The van der Waals surface area contributed by atoms with Gasteiger partial charge in [-0.25, -0.2) is 0 Å². The van der Waals surface area contributed by atoms with Crippen LogP contribution >= 0.6 is 0 Å². The van der Waals surface area contributed by atoms with Gasteiger partial charge in [0.1, 0.15) is 0 Å². The molecule has 2 aliphatic carbocycles. The molecule has 0 saturated carbocycles. The maximum Gasteiger partial charge on any atom is 0.0164 e. The fourth-order valence-electron chi connectivity index (χ4n) is 3.81. The molecule has 0 spiro atoms. The first-order valence-corrected chi connectivity index (χ1v) is 6.52. The van der Waals surface area contributed by atoms with Crippen LogP contribution in [0.5, 0.6) is 0 Å². The van der Waals surface area contributed by atoms with Gasteiger partial charge in [-0.15, -0.1) is 0 Å². The summed E-state index contributed by atoms with van der Waals surface area (Å²) in [5, 5.41) is 0. The Morgan fingerprint density at radius 2 is 2.33 bits per heavy atom. The topological polar surface area (TPSA) is 3.24 Å². The first-order chi connectivity index (χ1) is 7.40. The number of rotatable bonds is 1. The van der Waals surface area contributed by atoms with Crippen molar-refractivity contribution in [3.05, 3.63) is 23.3 Å². The molecule has 0 aromatic heterocycles. The second-order valence-corrected chi connectivity index (χ2v) is 5.14. The van der Waals surface area contributed by atoms with Crippen LogP contribution in [0, 0.1) is 5.92 Å². The maximum absolute atomic E-state index is 2.72. The van der Waals surface area contributed by atoms with Crippen molar-refractivity contribution < 1.29 is 0 Å². The minimum absolute atomic E-state index is 0.877. The van der Waals surface area contributed by atoms with Crippen LogP contribution in [0.3, 0.4) is 0 Å². The lowest BCUT2D eigenvalue weighted by molar-refractivity contribution is 0.101. The van der Waals surface area contributed by atoms with Crippen molar-refractivity contribution in [3.63, 3.8) is 0 Å². The van der Waals surface area contributed by atoms with E-state index in [1.165, 1.54) is 45.2 Å². The maximum atomic E-state index is 2.72. The summed E-state index contributed by atoms with van der Waals surface area (Å²) >= 11 is 0.